The van der Waals surface area contributed by atoms with Crippen molar-refractivity contribution in [3.8, 4) is 0 Å². The van der Waals surface area contributed by atoms with Gasteiger partial charge in [-0.1, -0.05) is 18.2 Å². The van der Waals surface area contributed by atoms with Crippen LogP contribution in [0.1, 0.15) is 55.3 Å². The predicted octanol–water partition coefficient (Wildman–Crippen LogP) is 2.57. The Labute approximate surface area is 138 Å². The first-order valence-electron chi connectivity index (χ1n) is 8.54. The smallest absolute Gasteiger partial charge is 0.220 e. The van der Waals surface area contributed by atoms with E-state index in [9.17, 15) is 13.2 Å². The van der Waals surface area contributed by atoms with Gasteiger partial charge in [-0.25, -0.2) is 8.42 Å². The van der Waals surface area contributed by atoms with E-state index in [1.807, 2.05) is 6.92 Å². The van der Waals surface area contributed by atoms with Crippen molar-refractivity contribution < 1.29 is 13.2 Å². The molecule has 0 aromatic heterocycles. The summed E-state index contributed by atoms with van der Waals surface area (Å²) in [4.78, 5) is 12.2. The lowest BCUT2D eigenvalue weighted by Gasteiger charge is -2.20. The number of benzene rings is 1. The topological polar surface area (TPSA) is 63.2 Å². The first kappa shape index (κ1) is 16.5. The quantitative estimate of drug-likeness (QED) is 0.920. The van der Waals surface area contributed by atoms with E-state index in [1.165, 1.54) is 24.0 Å². The standard InChI is InChI=1S/C18H25NO3S/c1-13(16-7-6-15-4-2-3-5-17(15)11-16)19-18(20)10-14-8-9-23(21,22)12-14/h6-7,11,13-14H,2-5,8-10,12H2,1H3,(H,19,20). The van der Waals surface area contributed by atoms with Crippen molar-refractivity contribution in [2.24, 2.45) is 5.92 Å². The molecule has 2 atom stereocenters. The van der Waals surface area contributed by atoms with Crippen LogP contribution in [0.25, 0.3) is 0 Å². The minimum atomic E-state index is -2.91. The maximum atomic E-state index is 12.2. The average molecular weight is 335 g/mol. The first-order valence-corrected chi connectivity index (χ1v) is 10.4. The molecule has 2 aliphatic rings. The van der Waals surface area contributed by atoms with E-state index in [1.54, 1.807) is 0 Å². The fraction of sp³-hybridized carbons (Fsp3) is 0.611. The molecule has 23 heavy (non-hydrogen) atoms. The Morgan fingerprint density at radius 3 is 2.70 bits per heavy atom. The van der Waals surface area contributed by atoms with Gasteiger partial charge in [0.1, 0.15) is 0 Å². The average Bonchev–Trinajstić information content (AvgIpc) is 2.85. The van der Waals surface area contributed by atoms with Gasteiger partial charge >= 0.3 is 0 Å². The third kappa shape index (κ3) is 4.14. The van der Waals surface area contributed by atoms with E-state index in [0.717, 1.165) is 18.4 Å². The number of sulfone groups is 1. The van der Waals surface area contributed by atoms with Gasteiger partial charge in [-0.15, -0.1) is 0 Å². The number of aryl methyl sites for hydroxylation is 2. The van der Waals surface area contributed by atoms with Gasteiger partial charge < -0.3 is 5.32 Å². The van der Waals surface area contributed by atoms with E-state index >= 15 is 0 Å². The maximum Gasteiger partial charge on any atom is 0.220 e. The third-order valence-corrected chi connectivity index (χ3v) is 6.89. The van der Waals surface area contributed by atoms with Crippen molar-refractivity contribution in [3.05, 3.63) is 34.9 Å². The predicted molar refractivity (Wildman–Crippen MR) is 91.0 cm³/mol. The Kier molecular flexibility index (Phi) is 4.76. The summed E-state index contributed by atoms with van der Waals surface area (Å²) >= 11 is 0. The molecule has 1 aliphatic carbocycles. The van der Waals surface area contributed by atoms with Gasteiger partial charge in [-0.2, -0.15) is 0 Å². The van der Waals surface area contributed by atoms with E-state index in [-0.39, 0.29) is 29.4 Å². The Balaban J connectivity index is 1.58. The number of nitrogens with one attached hydrogen (secondary N) is 1. The van der Waals surface area contributed by atoms with Gasteiger partial charge in [0.05, 0.1) is 17.5 Å². The van der Waals surface area contributed by atoms with Crippen LogP contribution in [-0.4, -0.2) is 25.8 Å². The molecule has 1 N–H and O–H groups in total. The highest BCUT2D eigenvalue weighted by atomic mass is 32.2. The summed E-state index contributed by atoms with van der Waals surface area (Å²) < 4.78 is 22.9. The Hall–Kier alpha value is -1.36. The third-order valence-electron chi connectivity index (χ3n) is 5.05. The molecule has 1 heterocycles. The molecule has 0 spiro atoms. The van der Waals surface area contributed by atoms with Gasteiger partial charge in [-0.05, 0) is 61.6 Å². The summed E-state index contributed by atoms with van der Waals surface area (Å²) in [7, 11) is -2.91. The summed E-state index contributed by atoms with van der Waals surface area (Å²) in [5.41, 5.74) is 3.99. The fourth-order valence-corrected chi connectivity index (χ4v) is 5.56. The number of fused-ring (bicyclic) bond motifs is 1. The molecule has 3 rings (SSSR count). The van der Waals surface area contributed by atoms with Crippen LogP contribution in [0.4, 0.5) is 0 Å². The van der Waals surface area contributed by atoms with Crippen molar-refractivity contribution in [2.75, 3.05) is 11.5 Å². The molecule has 1 amide bonds. The van der Waals surface area contributed by atoms with Gasteiger partial charge in [0, 0.05) is 6.42 Å². The van der Waals surface area contributed by atoms with Crippen LogP contribution >= 0.6 is 0 Å². The molecule has 5 heteroatoms. The summed E-state index contributed by atoms with van der Waals surface area (Å²) in [6.07, 6.45) is 5.73. The van der Waals surface area contributed by atoms with Gasteiger partial charge in [0.2, 0.25) is 5.91 Å². The van der Waals surface area contributed by atoms with E-state index in [0.29, 0.717) is 12.8 Å². The molecular weight excluding hydrogens is 310 g/mol. The van der Waals surface area contributed by atoms with Crippen LogP contribution in [0.5, 0.6) is 0 Å². The van der Waals surface area contributed by atoms with Crippen LogP contribution in [-0.2, 0) is 27.5 Å². The number of carbonyl (C=O) groups excluding carboxylic acids is 1. The minimum Gasteiger partial charge on any atom is -0.350 e. The number of rotatable bonds is 4. The second-order valence-corrected chi connectivity index (χ2v) is 9.23. The fourth-order valence-electron chi connectivity index (χ4n) is 3.70. The molecular formula is C18H25NO3S. The van der Waals surface area contributed by atoms with E-state index in [4.69, 9.17) is 0 Å². The van der Waals surface area contributed by atoms with Crippen LogP contribution in [0, 0.1) is 5.92 Å². The summed E-state index contributed by atoms with van der Waals surface area (Å²) in [5, 5.41) is 3.02. The van der Waals surface area contributed by atoms with Crippen molar-refractivity contribution in [1.29, 1.82) is 0 Å². The minimum absolute atomic E-state index is 0.0178. The normalized spacial score (nSPS) is 24.0. The Morgan fingerprint density at radius 1 is 1.26 bits per heavy atom. The highest BCUT2D eigenvalue weighted by Gasteiger charge is 2.29. The second-order valence-electron chi connectivity index (χ2n) is 7.00. The van der Waals surface area contributed by atoms with Crippen LogP contribution in [0.3, 0.4) is 0 Å². The number of hydrogen-bond donors (Lipinski definition) is 1. The van der Waals surface area contributed by atoms with Crippen LogP contribution in [0.2, 0.25) is 0 Å². The van der Waals surface area contributed by atoms with Gasteiger partial charge in [-0.3, -0.25) is 4.79 Å². The monoisotopic (exact) mass is 335 g/mol. The molecule has 1 saturated heterocycles. The number of carbonyl (C=O) groups is 1. The zero-order valence-electron chi connectivity index (χ0n) is 13.7. The Bertz CT molecular complexity index is 696. The molecule has 4 nitrogen and oxygen atoms in total. The van der Waals surface area contributed by atoms with Gasteiger partial charge in [0.15, 0.2) is 9.84 Å². The lowest BCUT2D eigenvalue weighted by Crippen LogP contribution is -2.28. The van der Waals surface area contributed by atoms with E-state index in [2.05, 4.69) is 23.5 Å². The summed E-state index contributed by atoms with van der Waals surface area (Å²) in [6, 6.07) is 6.48. The second kappa shape index (κ2) is 6.63. The molecule has 0 radical (unpaired) electrons. The largest absolute Gasteiger partial charge is 0.350 e. The van der Waals surface area contributed by atoms with Crippen molar-refractivity contribution in [2.45, 2.75) is 51.5 Å². The Morgan fingerprint density at radius 2 is 2.00 bits per heavy atom. The molecule has 126 valence electrons. The summed E-state index contributed by atoms with van der Waals surface area (Å²) in [5.74, 6) is 0.326. The number of hydrogen-bond acceptors (Lipinski definition) is 3. The molecule has 1 fully saturated rings. The first-order chi connectivity index (χ1) is 10.9. The highest BCUT2D eigenvalue weighted by Crippen LogP contribution is 2.25. The van der Waals surface area contributed by atoms with E-state index < -0.39 is 9.84 Å². The molecule has 2 unspecified atom stereocenters. The molecule has 1 aliphatic heterocycles. The van der Waals surface area contributed by atoms with Crippen LogP contribution in [0.15, 0.2) is 18.2 Å². The van der Waals surface area contributed by atoms with Crippen LogP contribution < -0.4 is 5.32 Å². The SMILES string of the molecule is CC(NC(=O)CC1CCS(=O)(=O)C1)c1ccc2c(c1)CCCC2. The lowest BCUT2D eigenvalue weighted by atomic mass is 9.89. The van der Waals surface area contributed by atoms with Crippen molar-refractivity contribution >= 4 is 15.7 Å². The number of amides is 1. The zero-order valence-corrected chi connectivity index (χ0v) is 14.5. The van der Waals surface area contributed by atoms with Crippen molar-refractivity contribution in [3.63, 3.8) is 0 Å². The highest BCUT2D eigenvalue weighted by molar-refractivity contribution is 7.91. The molecule has 1 aromatic rings. The van der Waals surface area contributed by atoms with Gasteiger partial charge in [0.25, 0.3) is 0 Å². The zero-order chi connectivity index (χ0) is 16.4. The van der Waals surface area contributed by atoms with Crippen molar-refractivity contribution in [1.82, 2.24) is 5.32 Å². The maximum absolute atomic E-state index is 12.2. The summed E-state index contributed by atoms with van der Waals surface area (Å²) in [6.45, 7) is 1.99. The molecule has 1 aromatic carbocycles. The molecule has 0 saturated carbocycles. The lowest BCUT2D eigenvalue weighted by molar-refractivity contribution is -0.122. The molecule has 0 bridgehead atoms.